The molecule has 0 aliphatic rings. The Hall–Kier alpha value is -3.14. The first kappa shape index (κ1) is 16.7. The van der Waals surface area contributed by atoms with E-state index in [4.69, 9.17) is 0 Å². The highest BCUT2D eigenvalue weighted by molar-refractivity contribution is 5.94. The third-order valence-electron chi connectivity index (χ3n) is 4.06. The van der Waals surface area contributed by atoms with Crippen molar-refractivity contribution in [1.82, 2.24) is 10.3 Å². The number of aromatic amines is 1. The first-order chi connectivity index (χ1) is 12.1. The molecule has 0 unspecified atom stereocenters. The average molecular weight is 332 g/mol. The van der Waals surface area contributed by atoms with Gasteiger partial charge in [-0.2, -0.15) is 0 Å². The van der Waals surface area contributed by atoms with E-state index in [2.05, 4.69) is 10.3 Å². The largest absolute Gasteiger partial charge is 0.352 e. The second-order valence-electron chi connectivity index (χ2n) is 5.97. The molecule has 25 heavy (non-hydrogen) atoms. The zero-order valence-corrected chi connectivity index (χ0v) is 14.1. The van der Waals surface area contributed by atoms with Gasteiger partial charge in [-0.15, -0.1) is 0 Å². The number of rotatable bonds is 5. The molecule has 4 nitrogen and oxygen atoms in total. The molecule has 126 valence electrons. The van der Waals surface area contributed by atoms with Crippen molar-refractivity contribution in [2.24, 2.45) is 0 Å². The molecular weight excluding hydrogens is 312 g/mol. The molecule has 0 spiro atoms. The highest BCUT2D eigenvalue weighted by Crippen LogP contribution is 2.16. The van der Waals surface area contributed by atoms with E-state index in [9.17, 15) is 9.59 Å². The number of nitrogens with one attached hydrogen (secondary N) is 2. The molecule has 1 heterocycles. The van der Waals surface area contributed by atoms with E-state index < -0.39 is 0 Å². The SMILES string of the molecule is Cc1ccc(-c2ccc(C(=O)NCCc3ccccc3)c(=O)[nH]2)cc1. The van der Waals surface area contributed by atoms with Crippen LogP contribution in [0.2, 0.25) is 0 Å². The van der Waals surface area contributed by atoms with Crippen molar-refractivity contribution in [1.29, 1.82) is 0 Å². The molecule has 4 heteroatoms. The fraction of sp³-hybridized carbons (Fsp3) is 0.143. The number of carbonyl (C=O) groups excluding carboxylic acids is 1. The molecule has 0 fully saturated rings. The first-order valence-electron chi connectivity index (χ1n) is 8.26. The van der Waals surface area contributed by atoms with Crippen molar-refractivity contribution >= 4 is 5.91 Å². The number of carbonyl (C=O) groups is 1. The Kier molecular flexibility index (Phi) is 5.09. The monoisotopic (exact) mass is 332 g/mol. The quantitative estimate of drug-likeness (QED) is 0.753. The fourth-order valence-electron chi connectivity index (χ4n) is 2.61. The lowest BCUT2D eigenvalue weighted by Crippen LogP contribution is -2.31. The van der Waals surface area contributed by atoms with Gasteiger partial charge in [0.05, 0.1) is 0 Å². The van der Waals surface area contributed by atoms with Gasteiger partial charge in [-0.25, -0.2) is 0 Å². The summed E-state index contributed by atoms with van der Waals surface area (Å²) in [6.45, 7) is 2.50. The predicted molar refractivity (Wildman–Crippen MR) is 99.7 cm³/mol. The van der Waals surface area contributed by atoms with E-state index in [0.717, 1.165) is 23.1 Å². The molecule has 0 atom stereocenters. The zero-order valence-electron chi connectivity index (χ0n) is 14.1. The Bertz CT molecular complexity index is 913. The number of H-pyrrole nitrogens is 1. The number of hydrogen-bond donors (Lipinski definition) is 2. The van der Waals surface area contributed by atoms with Crippen molar-refractivity contribution < 1.29 is 4.79 Å². The Labute approximate surface area is 146 Å². The maximum atomic E-state index is 12.2. The van der Waals surface area contributed by atoms with Gasteiger partial charge < -0.3 is 10.3 Å². The molecule has 0 radical (unpaired) electrons. The summed E-state index contributed by atoms with van der Waals surface area (Å²) in [6.07, 6.45) is 0.728. The molecule has 2 N–H and O–H groups in total. The van der Waals surface area contributed by atoms with Gasteiger partial charge in [-0.1, -0.05) is 60.2 Å². The predicted octanol–water partition coefficient (Wildman–Crippen LogP) is 3.32. The minimum atomic E-state index is -0.379. The lowest BCUT2D eigenvalue weighted by molar-refractivity contribution is 0.0952. The Morgan fingerprint density at radius 2 is 1.68 bits per heavy atom. The molecule has 0 saturated carbocycles. The molecule has 1 amide bonds. The first-order valence-corrected chi connectivity index (χ1v) is 8.26. The van der Waals surface area contributed by atoms with Crippen molar-refractivity contribution in [3.63, 3.8) is 0 Å². The van der Waals surface area contributed by atoms with Gasteiger partial charge in [0.25, 0.3) is 11.5 Å². The lowest BCUT2D eigenvalue weighted by Gasteiger charge is -2.07. The molecule has 3 rings (SSSR count). The number of hydrogen-bond acceptors (Lipinski definition) is 2. The molecule has 0 bridgehead atoms. The van der Waals surface area contributed by atoms with Crippen molar-refractivity contribution in [2.75, 3.05) is 6.54 Å². The van der Waals surface area contributed by atoms with Crippen LogP contribution in [0.25, 0.3) is 11.3 Å². The van der Waals surface area contributed by atoms with Gasteiger partial charge in [0.2, 0.25) is 0 Å². The van der Waals surface area contributed by atoms with Crippen molar-refractivity contribution in [3.8, 4) is 11.3 Å². The van der Waals surface area contributed by atoms with Crippen LogP contribution in [0, 0.1) is 6.92 Å². The lowest BCUT2D eigenvalue weighted by atomic mass is 10.1. The standard InChI is InChI=1S/C21H20N2O2/c1-15-7-9-17(10-8-15)19-12-11-18(21(25)23-19)20(24)22-14-13-16-5-3-2-4-6-16/h2-12H,13-14H2,1H3,(H,22,24)(H,23,25). The summed E-state index contributed by atoms with van der Waals surface area (Å²) >= 11 is 0. The van der Waals surface area contributed by atoms with Gasteiger partial charge in [0, 0.05) is 12.2 Å². The van der Waals surface area contributed by atoms with E-state index in [0.29, 0.717) is 12.2 Å². The minimum Gasteiger partial charge on any atom is -0.352 e. The smallest absolute Gasteiger partial charge is 0.261 e. The molecule has 0 saturated heterocycles. The summed E-state index contributed by atoms with van der Waals surface area (Å²) in [5.41, 5.74) is 3.66. The summed E-state index contributed by atoms with van der Waals surface area (Å²) in [7, 11) is 0. The van der Waals surface area contributed by atoms with E-state index >= 15 is 0 Å². The number of pyridine rings is 1. The van der Waals surface area contributed by atoms with Gasteiger partial charge in [-0.05, 0) is 36.6 Å². The zero-order chi connectivity index (χ0) is 17.6. The third-order valence-corrected chi connectivity index (χ3v) is 4.06. The van der Waals surface area contributed by atoms with Crippen LogP contribution in [0.4, 0.5) is 0 Å². The van der Waals surface area contributed by atoms with E-state index in [1.807, 2.05) is 61.5 Å². The fourth-order valence-corrected chi connectivity index (χ4v) is 2.61. The van der Waals surface area contributed by atoms with E-state index in [1.165, 1.54) is 0 Å². The number of amides is 1. The molecule has 2 aromatic carbocycles. The number of benzene rings is 2. The van der Waals surface area contributed by atoms with Crippen LogP contribution in [0.15, 0.2) is 71.5 Å². The Morgan fingerprint density at radius 3 is 2.36 bits per heavy atom. The second kappa shape index (κ2) is 7.62. The van der Waals surface area contributed by atoms with E-state index in [-0.39, 0.29) is 17.0 Å². The van der Waals surface area contributed by atoms with Crippen LogP contribution in [0.1, 0.15) is 21.5 Å². The van der Waals surface area contributed by atoms with Crippen LogP contribution < -0.4 is 10.9 Å². The maximum Gasteiger partial charge on any atom is 0.261 e. The molecule has 3 aromatic rings. The maximum absolute atomic E-state index is 12.2. The molecule has 0 aliphatic heterocycles. The number of aromatic nitrogens is 1. The third kappa shape index (κ3) is 4.23. The Balaban J connectivity index is 1.67. The number of aryl methyl sites for hydroxylation is 1. The van der Waals surface area contributed by atoms with Crippen molar-refractivity contribution in [2.45, 2.75) is 13.3 Å². The van der Waals surface area contributed by atoms with Gasteiger partial charge in [0.1, 0.15) is 5.56 Å². The second-order valence-corrected chi connectivity index (χ2v) is 5.97. The summed E-state index contributed by atoms with van der Waals surface area (Å²) in [5, 5.41) is 2.80. The minimum absolute atomic E-state index is 0.129. The van der Waals surface area contributed by atoms with Crippen LogP contribution in [0.5, 0.6) is 0 Å². The summed E-state index contributed by atoms with van der Waals surface area (Å²) < 4.78 is 0. The normalized spacial score (nSPS) is 10.4. The Morgan fingerprint density at radius 1 is 0.960 bits per heavy atom. The highest BCUT2D eigenvalue weighted by atomic mass is 16.2. The van der Waals surface area contributed by atoms with Gasteiger partial charge in [-0.3, -0.25) is 9.59 Å². The van der Waals surface area contributed by atoms with Crippen LogP contribution >= 0.6 is 0 Å². The average Bonchev–Trinajstić information content (AvgIpc) is 2.63. The van der Waals surface area contributed by atoms with Gasteiger partial charge in [0.15, 0.2) is 0 Å². The van der Waals surface area contributed by atoms with Crippen molar-refractivity contribution in [3.05, 3.63) is 93.8 Å². The van der Waals surface area contributed by atoms with E-state index in [1.54, 1.807) is 12.1 Å². The summed E-state index contributed by atoms with van der Waals surface area (Å²) in [5.74, 6) is -0.354. The van der Waals surface area contributed by atoms with Crippen LogP contribution in [-0.2, 0) is 6.42 Å². The highest BCUT2D eigenvalue weighted by Gasteiger charge is 2.11. The molecular formula is C21H20N2O2. The summed E-state index contributed by atoms with van der Waals surface area (Å²) in [4.78, 5) is 27.2. The topological polar surface area (TPSA) is 62.0 Å². The van der Waals surface area contributed by atoms with Crippen LogP contribution in [-0.4, -0.2) is 17.4 Å². The van der Waals surface area contributed by atoms with Crippen LogP contribution in [0.3, 0.4) is 0 Å². The van der Waals surface area contributed by atoms with Gasteiger partial charge >= 0.3 is 0 Å². The molecule has 1 aromatic heterocycles. The molecule has 0 aliphatic carbocycles. The summed E-state index contributed by atoms with van der Waals surface area (Å²) in [6, 6.07) is 21.1.